The van der Waals surface area contributed by atoms with Gasteiger partial charge >= 0.3 is 0 Å². The highest BCUT2D eigenvalue weighted by Crippen LogP contribution is 2.23. The molecule has 0 spiro atoms. The first-order valence-corrected chi connectivity index (χ1v) is 10.7. The van der Waals surface area contributed by atoms with Crippen LogP contribution in [0.5, 0.6) is 0 Å². The van der Waals surface area contributed by atoms with E-state index in [1.54, 1.807) is 6.21 Å². The van der Waals surface area contributed by atoms with Crippen LogP contribution in [0.1, 0.15) is 28.1 Å². The molecule has 0 aliphatic heterocycles. The Morgan fingerprint density at radius 2 is 1.83 bits per heavy atom. The van der Waals surface area contributed by atoms with Gasteiger partial charge in [-0.15, -0.1) is 11.8 Å². The summed E-state index contributed by atoms with van der Waals surface area (Å²) >= 11 is 7.32. The topological polar surface area (TPSA) is 46.4 Å². The number of hydrogen-bond donors (Lipinski definition) is 1. The number of nitrogens with zero attached hydrogens (tertiary/aromatic N) is 2. The van der Waals surface area contributed by atoms with Crippen LogP contribution in [0.25, 0.3) is 5.69 Å². The molecule has 2 aromatic carbocycles. The summed E-state index contributed by atoms with van der Waals surface area (Å²) < 4.78 is 2.22. The van der Waals surface area contributed by atoms with E-state index in [0.717, 1.165) is 27.5 Å². The number of hydrazone groups is 1. The summed E-state index contributed by atoms with van der Waals surface area (Å²) in [6.07, 6.45) is 1.70. The highest BCUT2D eigenvalue weighted by Gasteiger charge is 2.11. The number of aromatic nitrogens is 1. The van der Waals surface area contributed by atoms with E-state index < -0.39 is 0 Å². The van der Waals surface area contributed by atoms with Crippen molar-refractivity contribution in [3.63, 3.8) is 0 Å². The molecule has 0 aliphatic carbocycles. The van der Waals surface area contributed by atoms with Crippen molar-refractivity contribution in [1.29, 1.82) is 0 Å². The van der Waals surface area contributed by atoms with Gasteiger partial charge in [0.05, 0.1) is 12.0 Å². The number of amides is 1. The number of thioether (sulfide) groups is 1. The van der Waals surface area contributed by atoms with Crippen LogP contribution in [0.15, 0.2) is 58.5 Å². The summed E-state index contributed by atoms with van der Waals surface area (Å²) in [6, 6.07) is 15.9. The Labute approximate surface area is 181 Å². The average molecular weight is 426 g/mol. The van der Waals surface area contributed by atoms with Gasteiger partial charge in [-0.3, -0.25) is 4.79 Å². The molecule has 29 heavy (non-hydrogen) atoms. The third-order valence-corrected chi connectivity index (χ3v) is 5.90. The second-order valence-electron chi connectivity index (χ2n) is 6.99. The Kier molecular flexibility index (Phi) is 6.83. The van der Waals surface area contributed by atoms with E-state index in [4.69, 9.17) is 11.6 Å². The monoisotopic (exact) mass is 425 g/mol. The lowest BCUT2D eigenvalue weighted by Crippen LogP contribution is -2.19. The van der Waals surface area contributed by atoms with Crippen LogP contribution in [0.3, 0.4) is 0 Å². The van der Waals surface area contributed by atoms with E-state index in [1.165, 1.54) is 22.9 Å². The predicted octanol–water partition coefficient (Wildman–Crippen LogP) is 5.61. The van der Waals surface area contributed by atoms with Gasteiger partial charge in [0.2, 0.25) is 5.91 Å². The molecule has 0 aliphatic rings. The van der Waals surface area contributed by atoms with Gasteiger partial charge in [0.1, 0.15) is 0 Å². The third-order valence-electron chi connectivity index (χ3n) is 4.64. The van der Waals surface area contributed by atoms with Gasteiger partial charge in [0, 0.05) is 32.6 Å². The summed E-state index contributed by atoms with van der Waals surface area (Å²) in [7, 11) is 0. The first-order chi connectivity index (χ1) is 13.8. The second kappa shape index (κ2) is 9.33. The molecule has 4 nitrogen and oxygen atoms in total. The summed E-state index contributed by atoms with van der Waals surface area (Å²) in [5.74, 6) is 0.144. The first kappa shape index (κ1) is 21.2. The SMILES string of the molecule is Cc1ccc(-n2c(C)cc(/C=N\NC(=O)CSc3ccc(Cl)cc3)c2C)c(C)c1. The van der Waals surface area contributed by atoms with E-state index in [2.05, 4.69) is 67.1 Å². The Hall–Kier alpha value is -2.50. The molecule has 1 aromatic heterocycles. The number of aryl methyl sites for hydroxylation is 3. The number of hydrogen-bond acceptors (Lipinski definition) is 3. The highest BCUT2D eigenvalue weighted by molar-refractivity contribution is 8.00. The van der Waals surface area contributed by atoms with Crippen molar-refractivity contribution in [3.8, 4) is 5.69 Å². The van der Waals surface area contributed by atoms with E-state index in [1.807, 2.05) is 24.3 Å². The molecule has 0 fully saturated rings. The molecule has 0 saturated carbocycles. The third kappa shape index (κ3) is 5.31. The maximum Gasteiger partial charge on any atom is 0.250 e. The molecular weight excluding hydrogens is 402 g/mol. The molecule has 3 aromatic rings. The van der Waals surface area contributed by atoms with Crippen LogP contribution in [-0.4, -0.2) is 22.4 Å². The number of rotatable bonds is 6. The zero-order chi connectivity index (χ0) is 21.0. The standard InChI is InChI=1S/C23H24ClN3OS/c1-15-5-10-22(16(2)11-15)27-17(3)12-19(18(27)4)13-25-26-23(28)14-29-21-8-6-20(24)7-9-21/h5-13H,14H2,1-4H3,(H,26,28)/b25-13-. The number of carbonyl (C=O) groups excluding carboxylic acids is 1. The smallest absolute Gasteiger partial charge is 0.250 e. The minimum atomic E-state index is -0.149. The van der Waals surface area contributed by atoms with Crippen molar-refractivity contribution >= 4 is 35.5 Å². The molecule has 1 heterocycles. The average Bonchev–Trinajstić information content (AvgIpc) is 2.95. The van der Waals surface area contributed by atoms with Crippen LogP contribution < -0.4 is 5.43 Å². The van der Waals surface area contributed by atoms with Gasteiger partial charge in [-0.1, -0.05) is 29.3 Å². The number of benzene rings is 2. The van der Waals surface area contributed by atoms with E-state index in [0.29, 0.717) is 10.8 Å². The summed E-state index contributed by atoms with van der Waals surface area (Å²) in [5, 5.41) is 4.82. The van der Waals surface area contributed by atoms with Crippen molar-refractivity contribution in [2.24, 2.45) is 5.10 Å². The molecule has 0 unspecified atom stereocenters. The number of halogens is 1. The largest absolute Gasteiger partial charge is 0.318 e. The minimum Gasteiger partial charge on any atom is -0.318 e. The van der Waals surface area contributed by atoms with Crippen molar-refractivity contribution in [1.82, 2.24) is 9.99 Å². The Balaban J connectivity index is 1.65. The molecular formula is C23H24ClN3OS. The fraction of sp³-hybridized carbons (Fsp3) is 0.217. The van der Waals surface area contributed by atoms with Gasteiger partial charge in [0.15, 0.2) is 0 Å². The fourth-order valence-corrected chi connectivity index (χ4v) is 4.05. The van der Waals surface area contributed by atoms with Crippen LogP contribution in [0.4, 0.5) is 0 Å². The lowest BCUT2D eigenvalue weighted by Gasteiger charge is -2.13. The van der Waals surface area contributed by atoms with Crippen molar-refractivity contribution < 1.29 is 4.79 Å². The molecule has 6 heteroatoms. The normalized spacial score (nSPS) is 11.2. The maximum atomic E-state index is 12.1. The van der Waals surface area contributed by atoms with Crippen LogP contribution >= 0.6 is 23.4 Å². The Bertz CT molecular complexity index is 1050. The molecule has 0 radical (unpaired) electrons. The van der Waals surface area contributed by atoms with Crippen molar-refractivity contribution in [2.75, 3.05) is 5.75 Å². The van der Waals surface area contributed by atoms with Crippen LogP contribution in [-0.2, 0) is 4.79 Å². The second-order valence-corrected chi connectivity index (χ2v) is 8.47. The predicted molar refractivity (Wildman–Crippen MR) is 123 cm³/mol. The molecule has 1 amide bonds. The highest BCUT2D eigenvalue weighted by atomic mass is 35.5. The molecule has 0 bridgehead atoms. The zero-order valence-electron chi connectivity index (χ0n) is 17.0. The number of nitrogens with one attached hydrogen (secondary N) is 1. The quantitative estimate of drug-likeness (QED) is 0.317. The van der Waals surface area contributed by atoms with Gasteiger partial charge in [0.25, 0.3) is 0 Å². The van der Waals surface area contributed by atoms with Crippen molar-refractivity contribution in [2.45, 2.75) is 32.6 Å². The fourth-order valence-electron chi connectivity index (χ4n) is 3.23. The van der Waals surface area contributed by atoms with Gasteiger partial charge in [-0.05, 0) is 69.7 Å². The zero-order valence-corrected chi connectivity index (χ0v) is 18.6. The molecule has 0 saturated heterocycles. The Morgan fingerprint density at radius 3 is 2.52 bits per heavy atom. The van der Waals surface area contributed by atoms with Gasteiger partial charge < -0.3 is 4.57 Å². The lowest BCUT2D eigenvalue weighted by atomic mass is 10.1. The maximum absolute atomic E-state index is 12.1. The Morgan fingerprint density at radius 1 is 1.10 bits per heavy atom. The molecule has 1 N–H and O–H groups in total. The molecule has 0 atom stereocenters. The van der Waals surface area contributed by atoms with Crippen LogP contribution in [0, 0.1) is 27.7 Å². The first-order valence-electron chi connectivity index (χ1n) is 9.32. The van der Waals surface area contributed by atoms with Gasteiger partial charge in [-0.2, -0.15) is 5.10 Å². The lowest BCUT2D eigenvalue weighted by molar-refractivity contribution is -0.118. The van der Waals surface area contributed by atoms with Crippen molar-refractivity contribution in [3.05, 3.63) is 81.6 Å². The van der Waals surface area contributed by atoms with E-state index in [9.17, 15) is 4.79 Å². The number of carbonyl (C=O) groups is 1. The van der Waals surface area contributed by atoms with E-state index >= 15 is 0 Å². The molecule has 150 valence electrons. The van der Waals surface area contributed by atoms with Gasteiger partial charge in [-0.25, -0.2) is 5.43 Å². The van der Waals surface area contributed by atoms with Crippen LogP contribution in [0.2, 0.25) is 5.02 Å². The summed E-state index contributed by atoms with van der Waals surface area (Å²) in [4.78, 5) is 13.0. The molecule has 3 rings (SSSR count). The van der Waals surface area contributed by atoms with E-state index in [-0.39, 0.29) is 5.91 Å². The summed E-state index contributed by atoms with van der Waals surface area (Å²) in [5.41, 5.74) is 9.42. The summed E-state index contributed by atoms with van der Waals surface area (Å²) in [6.45, 7) is 8.35. The minimum absolute atomic E-state index is 0.149.